The number of halogens is 1. The summed E-state index contributed by atoms with van der Waals surface area (Å²) >= 11 is 0. The molecule has 1 aliphatic rings. The van der Waals surface area contributed by atoms with Crippen LogP contribution in [-0.2, 0) is 11.2 Å². The Hall–Kier alpha value is -2.69. The van der Waals surface area contributed by atoms with Crippen LogP contribution in [0, 0.1) is 12.7 Å². The summed E-state index contributed by atoms with van der Waals surface area (Å²) in [5.41, 5.74) is 1.57. The van der Waals surface area contributed by atoms with Crippen molar-refractivity contribution in [2.45, 2.75) is 45.8 Å². The fraction of sp³-hybridized carbons (Fsp3) is 0.333. The lowest BCUT2D eigenvalue weighted by Gasteiger charge is -2.27. The average molecular weight is 355 g/mol. The van der Waals surface area contributed by atoms with Crippen molar-refractivity contribution in [2.75, 3.05) is 0 Å². The number of benzene rings is 2. The Bertz CT molecular complexity index is 856. The van der Waals surface area contributed by atoms with E-state index in [0.717, 1.165) is 10.5 Å². The number of imide groups is 1. The topological polar surface area (TPSA) is 46.6 Å². The lowest BCUT2D eigenvalue weighted by atomic mass is 9.96. The molecule has 1 aliphatic heterocycles. The normalized spacial score (nSPS) is 16.6. The largest absolute Gasteiger partial charge is 0.443 e. The molecule has 5 heteroatoms. The van der Waals surface area contributed by atoms with Crippen LogP contribution >= 0.6 is 0 Å². The molecule has 3 rings (SSSR count). The van der Waals surface area contributed by atoms with Gasteiger partial charge in [0.25, 0.3) is 5.91 Å². The van der Waals surface area contributed by atoms with E-state index in [1.54, 1.807) is 33.8 Å². The van der Waals surface area contributed by atoms with E-state index in [1.165, 1.54) is 6.07 Å². The van der Waals surface area contributed by atoms with Crippen LogP contribution in [0.2, 0.25) is 0 Å². The van der Waals surface area contributed by atoms with Crippen molar-refractivity contribution >= 4 is 12.0 Å². The van der Waals surface area contributed by atoms with Gasteiger partial charge in [0, 0.05) is 5.56 Å². The van der Waals surface area contributed by atoms with Crippen molar-refractivity contribution < 1.29 is 18.7 Å². The number of rotatable bonds is 2. The summed E-state index contributed by atoms with van der Waals surface area (Å²) in [6, 6.07) is 11.9. The molecular formula is C21H22FNO3. The number of aryl methyl sites for hydroxylation is 1. The number of nitrogens with zero attached hydrogens (tertiary/aromatic N) is 1. The van der Waals surface area contributed by atoms with Crippen molar-refractivity contribution in [3.63, 3.8) is 0 Å². The summed E-state index contributed by atoms with van der Waals surface area (Å²) < 4.78 is 19.4. The number of fused-ring (bicyclic) bond motifs is 1. The number of carbonyl (C=O) groups is 2. The Labute approximate surface area is 152 Å². The summed E-state index contributed by atoms with van der Waals surface area (Å²) in [5, 5.41) is 0. The predicted molar refractivity (Wildman–Crippen MR) is 96.4 cm³/mol. The maximum absolute atomic E-state index is 14.0. The Morgan fingerprint density at radius 1 is 1.19 bits per heavy atom. The number of ether oxygens (including phenoxy) is 1. The number of amides is 2. The lowest BCUT2D eigenvalue weighted by molar-refractivity contribution is 0.0190. The standard InChI is InChI=1S/C21H22FNO3/c1-13-10-15-16(12-17(13)22)19(24)23(20(25)26-21(2,3)4)18(15)11-14-8-6-5-7-9-14/h5-10,12,18H,11H2,1-4H3. The minimum atomic E-state index is -0.732. The third kappa shape index (κ3) is 3.47. The molecule has 26 heavy (non-hydrogen) atoms. The molecule has 0 aromatic heterocycles. The molecule has 2 amide bonds. The molecule has 1 heterocycles. The molecule has 0 spiro atoms. The monoisotopic (exact) mass is 355 g/mol. The molecule has 0 saturated heterocycles. The predicted octanol–water partition coefficient (Wildman–Crippen LogP) is 4.81. The minimum absolute atomic E-state index is 0.222. The third-order valence-electron chi connectivity index (χ3n) is 4.31. The maximum Gasteiger partial charge on any atom is 0.417 e. The van der Waals surface area contributed by atoms with E-state index < -0.39 is 29.5 Å². The first-order valence-electron chi connectivity index (χ1n) is 8.58. The van der Waals surface area contributed by atoms with E-state index in [4.69, 9.17) is 4.74 Å². The Morgan fingerprint density at radius 2 is 1.85 bits per heavy atom. The van der Waals surface area contributed by atoms with Crippen LogP contribution < -0.4 is 0 Å². The summed E-state index contributed by atoms with van der Waals surface area (Å²) in [7, 11) is 0. The van der Waals surface area contributed by atoms with Crippen LogP contribution in [-0.4, -0.2) is 22.5 Å². The minimum Gasteiger partial charge on any atom is -0.443 e. The quantitative estimate of drug-likeness (QED) is 0.777. The van der Waals surface area contributed by atoms with Gasteiger partial charge in [0.05, 0.1) is 6.04 Å². The van der Waals surface area contributed by atoms with Crippen LogP contribution in [0.25, 0.3) is 0 Å². The van der Waals surface area contributed by atoms with Gasteiger partial charge < -0.3 is 4.74 Å². The van der Waals surface area contributed by atoms with E-state index in [9.17, 15) is 14.0 Å². The van der Waals surface area contributed by atoms with Gasteiger partial charge in [0.15, 0.2) is 0 Å². The second-order valence-electron chi connectivity index (χ2n) is 7.55. The first-order chi connectivity index (χ1) is 12.2. The van der Waals surface area contributed by atoms with Crippen molar-refractivity contribution in [3.8, 4) is 0 Å². The highest BCUT2D eigenvalue weighted by Crippen LogP contribution is 2.38. The zero-order valence-electron chi connectivity index (χ0n) is 15.4. The van der Waals surface area contributed by atoms with Gasteiger partial charge in [-0.15, -0.1) is 0 Å². The molecule has 2 aromatic carbocycles. The van der Waals surface area contributed by atoms with Crippen molar-refractivity contribution in [3.05, 3.63) is 70.5 Å². The Morgan fingerprint density at radius 3 is 2.46 bits per heavy atom. The third-order valence-corrected chi connectivity index (χ3v) is 4.31. The zero-order valence-corrected chi connectivity index (χ0v) is 15.4. The van der Waals surface area contributed by atoms with Gasteiger partial charge in [-0.2, -0.15) is 0 Å². The van der Waals surface area contributed by atoms with E-state index >= 15 is 0 Å². The average Bonchev–Trinajstić information content (AvgIpc) is 2.79. The zero-order chi connectivity index (χ0) is 19.1. The van der Waals surface area contributed by atoms with Crippen LogP contribution in [0.5, 0.6) is 0 Å². The number of carbonyl (C=O) groups excluding carboxylic acids is 2. The van der Waals surface area contributed by atoms with Crippen molar-refractivity contribution in [2.24, 2.45) is 0 Å². The van der Waals surface area contributed by atoms with Gasteiger partial charge in [-0.3, -0.25) is 4.79 Å². The molecule has 1 unspecified atom stereocenters. The molecule has 4 nitrogen and oxygen atoms in total. The molecule has 0 bridgehead atoms. The van der Waals surface area contributed by atoms with E-state index in [2.05, 4.69) is 0 Å². The van der Waals surface area contributed by atoms with Gasteiger partial charge in [0.1, 0.15) is 11.4 Å². The highest BCUT2D eigenvalue weighted by molar-refractivity contribution is 6.07. The number of hydrogen-bond donors (Lipinski definition) is 0. The SMILES string of the molecule is Cc1cc2c(cc1F)C(=O)N(C(=O)OC(C)(C)C)C2Cc1ccccc1. The first kappa shape index (κ1) is 18.1. The highest BCUT2D eigenvalue weighted by atomic mass is 19.1. The molecule has 0 fully saturated rings. The fourth-order valence-electron chi connectivity index (χ4n) is 3.13. The molecule has 0 radical (unpaired) electrons. The van der Waals surface area contributed by atoms with Crippen molar-refractivity contribution in [1.29, 1.82) is 0 Å². The highest BCUT2D eigenvalue weighted by Gasteiger charge is 2.43. The molecular weight excluding hydrogens is 333 g/mol. The molecule has 1 atom stereocenters. The summed E-state index contributed by atoms with van der Waals surface area (Å²) in [6.45, 7) is 6.88. The van der Waals surface area contributed by atoms with E-state index in [0.29, 0.717) is 17.5 Å². The van der Waals surface area contributed by atoms with E-state index in [-0.39, 0.29) is 5.56 Å². The summed E-state index contributed by atoms with van der Waals surface area (Å²) in [6.07, 6.45) is -0.262. The molecule has 0 aliphatic carbocycles. The fourth-order valence-corrected chi connectivity index (χ4v) is 3.13. The maximum atomic E-state index is 14.0. The van der Waals surface area contributed by atoms with Crippen molar-refractivity contribution in [1.82, 2.24) is 4.90 Å². The van der Waals surface area contributed by atoms with Crippen LogP contribution in [0.15, 0.2) is 42.5 Å². The second-order valence-corrected chi connectivity index (χ2v) is 7.55. The summed E-state index contributed by atoms with van der Waals surface area (Å²) in [4.78, 5) is 26.7. The smallest absolute Gasteiger partial charge is 0.417 e. The first-order valence-corrected chi connectivity index (χ1v) is 8.58. The summed E-state index contributed by atoms with van der Waals surface area (Å²) in [5.74, 6) is -0.976. The van der Waals surface area contributed by atoms with Crippen LogP contribution in [0.1, 0.15) is 53.9 Å². The molecule has 0 saturated carbocycles. The van der Waals surface area contributed by atoms with Gasteiger partial charge in [-0.1, -0.05) is 36.4 Å². The van der Waals surface area contributed by atoms with Gasteiger partial charge in [-0.25, -0.2) is 14.1 Å². The molecule has 2 aromatic rings. The van der Waals surface area contributed by atoms with Gasteiger partial charge in [0.2, 0.25) is 0 Å². The Kier molecular flexibility index (Phi) is 4.57. The van der Waals surface area contributed by atoms with Gasteiger partial charge in [-0.05, 0) is 56.9 Å². The second kappa shape index (κ2) is 6.56. The van der Waals surface area contributed by atoms with Gasteiger partial charge >= 0.3 is 6.09 Å². The van der Waals surface area contributed by atoms with Crippen LogP contribution in [0.3, 0.4) is 0 Å². The lowest BCUT2D eigenvalue weighted by Crippen LogP contribution is -2.39. The van der Waals surface area contributed by atoms with E-state index in [1.807, 2.05) is 30.3 Å². The van der Waals surface area contributed by atoms with Crippen LogP contribution in [0.4, 0.5) is 9.18 Å². The Balaban J connectivity index is 2.04. The molecule has 136 valence electrons. The number of hydrogen-bond acceptors (Lipinski definition) is 3. The molecule has 0 N–H and O–H groups in total.